The Bertz CT molecular complexity index is 1390. The summed E-state index contributed by atoms with van der Waals surface area (Å²) in [6.07, 6.45) is 2.76. The van der Waals surface area contributed by atoms with Crippen LogP contribution in [0.25, 0.3) is 10.1 Å². The Morgan fingerprint density at radius 3 is 2.63 bits per heavy atom. The van der Waals surface area contributed by atoms with Crippen molar-refractivity contribution in [2.45, 2.75) is 33.1 Å². The molecule has 7 nitrogen and oxygen atoms in total. The van der Waals surface area contributed by atoms with Crippen molar-refractivity contribution in [3.63, 3.8) is 0 Å². The summed E-state index contributed by atoms with van der Waals surface area (Å²) in [4.78, 5) is 44.4. The van der Waals surface area contributed by atoms with Crippen LogP contribution in [0.2, 0.25) is 10.0 Å². The van der Waals surface area contributed by atoms with Crippen LogP contribution in [-0.4, -0.2) is 66.9 Å². The summed E-state index contributed by atoms with van der Waals surface area (Å²) in [5.41, 5.74) is 1.54. The van der Waals surface area contributed by atoms with Gasteiger partial charge in [0.25, 0.3) is 5.91 Å². The van der Waals surface area contributed by atoms with E-state index in [1.807, 2.05) is 17.0 Å². The molecule has 1 aromatic carbocycles. The predicted octanol–water partition coefficient (Wildman–Crippen LogP) is 5.97. The quantitative estimate of drug-likeness (QED) is 0.356. The first-order valence-corrected chi connectivity index (χ1v) is 15.1. The Balaban J connectivity index is 1.21. The number of ether oxygens (including phenoxy) is 1. The highest BCUT2D eigenvalue weighted by Gasteiger charge is 2.30. The molecule has 5 rings (SSSR count). The fourth-order valence-corrected chi connectivity index (χ4v) is 8.23. The number of hydrogen-bond donors (Lipinski definition) is 1. The molecule has 3 aromatic rings. The van der Waals surface area contributed by atoms with E-state index in [1.54, 1.807) is 17.9 Å². The van der Waals surface area contributed by atoms with Crippen LogP contribution in [-0.2, 0) is 22.4 Å². The summed E-state index contributed by atoms with van der Waals surface area (Å²) >= 11 is 15.5. The van der Waals surface area contributed by atoms with E-state index in [0.717, 1.165) is 39.8 Å². The maximum atomic E-state index is 13.2. The van der Waals surface area contributed by atoms with E-state index in [1.165, 1.54) is 22.7 Å². The highest BCUT2D eigenvalue weighted by atomic mass is 35.5. The molecule has 0 unspecified atom stereocenters. The van der Waals surface area contributed by atoms with E-state index in [9.17, 15) is 14.4 Å². The Kier molecular flexibility index (Phi) is 8.30. The fourth-order valence-electron chi connectivity index (χ4n) is 5.06. The number of rotatable bonds is 6. The van der Waals surface area contributed by atoms with Crippen molar-refractivity contribution in [1.82, 2.24) is 9.80 Å². The molecule has 202 valence electrons. The summed E-state index contributed by atoms with van der Waals surface area (Å²) in [7, 11) is 0. The summed E-state index contributed by atoms with van der Waals surface area (Å²) in [6, 6.07) is 5.42. The van der Waals surface area contributed by atoms with Gasteiger partial charge in [-0.3, -0.25) is 14.5 Å². The number of benzene rings is 1. The first-order chi connectivity index (χ1) is 18.2. The molecule has 0 spiro atoms. The number of nitrogens with zero attached hydrogens (tertiary/aromatic N) is 2. The largest absolute Gasteiger partial charge is 0.462 e. The molecule has 0 saturated carbocycles. The first-order valence-electron chi connectivity index (χ1n) is 12.8. The van der Waals surface area contributed by atoms with Crippen LogP contribution < -0.4 is 5.32 Å². The van der Waals surface area contributed by atoms with Gasteiger partial charge < -0.3 is 15.0 Å². The summed E-state index contributed by atoms with van der Waals surface area (Å²) in [5.74, 6) is -0.0940. The molecule has 2 amide bonds. The second-order valence-corrected chi connectivity index (χ2v) is 12.8. The molecule has 1 saturated heterocycles. The van der Waals surface area contributed by atoms with Gasteiger partial charge in [-0.1, -0.05) is 36.2 Å². The summed E-state index contributed by atoms with van der Waals surface area (Å²) in [6.45, 7) is 6.59. The first kappa shape index (κ1) is 27.4. The van der Waals surface area contributed by atoms with Crippen LogP contribution in [0.15, 0.2) is 18.2 Å². The smallest absolute Gasteiger partial charge is 0.341 e. The lowest BCUT2D eigenvalue weighted by atomic mass is 9.88. The second kappa shape index (κ2) is 11.5. The van der Waals surface area contributed by atoms with E-state index in [-0.39, 0.29) is 30.9 Å². The molecular weight excluding hydrogens is 565 g/mol. The number of halogens is 2. The normalized spacial score (nSPS) is 17.9. The predicted molar refractivity (Wildman–Crippen MR) is 154 cm³/mol. The zero-order valence-electron chi connectivity index (χ0n) is 21.3. The van der Waals surface area contributed by atoms with Crippen molar-refractivity contribution < 1.29 is 19.1 Å². The van der Waals surface area contributed by atoms with Crippen LogP contribution in [0.1, 0.15) is 50.7 Å². The van der Waals surface area contributed by atoms with Crippen molar-refractivity contribution in [3.8, 4) is 0 Å². The lowest BCUT2D eigenvalue weighted by Crippen LogP contribution is -2.50. The lowest BCUT2D eigenvalue weighted by molar-refractivity contribution is -0.117. The van der Waals surface area contributed by atoms with Crippen molar-refractivity contribution in [3.05, 3.63) is 49.1 Å². The van der Waals surface area contributed by atoms with Crippen molar-refractivity contribution in [2.24, 2.45) is 5.92 Å². The second-order valence-electron chi connectivity index (χ2n) is 9.78. The van der Waals surface area contributed by atoms with Crippen molar-refractivity contribution >= 4 is 78.7 Å². The van der Waals surface area contributed by atoms with Crippen molar-refractivity contribution in [2.75, 3.05) is 44.6 Å². The number of piperazine rings is 1. The van der Waals surface area contributed by atoms with Gasteiger partial charge in [-0.25, -0.2) is 4.79 Å². The van der Waals surface area contributed by atoms with E-state index in [0.29, 0.717) is 57.6 Å². The molecule has 3 heterocycles. The molecule has 2 aliphatic rings. The summed E-state index contributed by atoms with van der Waals surface area (Å²) < 4.78 is 6.19. The van der Waals surface area contributed by atoms with Crippen LogP contribution >= 0.6 is 45.9 Å². The molecule has 0 bridgehead atoms. The number of carbonyl (C=O) groups excluding carboxylic acids is 3. The molecule has 1 aliphatic heterocycles. The minimum absolute atomic E-state index is 0.103. The van der Waals surface area contributed by atoms with Gasteiger partial charge in [-0.15, -0.1) is 22.7 Å². The highest BCUT2D eigenvalue weighted by Crippen LogP contribution is 2.40. The molecule has 1 fully saturated rings. The lowest BCUT2D eigenvalue weighted by Gasteiger charge is -2.34. The Labute approximate surface area is 239 Å². The number of carbonyl (C=O) groups is 3. The van der Waals surface area contributed by atoms with Gasteiger partial charge in [0.15, 0.2) is 0 Å². The van der Waals surface area contributed by atoms with E-state index >= 15 is 0 Å². The third kappa shape index (κ3) is 5.58. The van der Waals surface area contributed by atoms with Gasteiger partial charge >= 0.3 is 5.97 Å². The molecular formula is C27H29Cl2N3O4S2. The Hall–Kier alpha value is -2.17. The van der Waals surface area contributed by atoms with Gasteiger partial charge in [-0.05, 0) is 49.8 Å². The SMILES string of the molecule is CCOC(=O)c1c(NC(=O)CN2CCN(C(=O)c3sc4cc(Cl)ccc4c3Cl)CC2)sc2c1CC[C@H](C)C2. The maximum Gasteiger partial charge on any atom is 0.341 e. The average Bonchev–Trinajstić information content (AvgIpc) is 3.40. The number of esters is 1. The number of anilines is 1. The molecule has 1 atom stereocenters. The molecule has 1 N–H and O–H groups in total. The standard InChI is InChI=1S/C27H29Cl2N3O4S2/c1-3-36-27(35)22-17-6-4-15(2)12-19(17)38-25(22)30-21(33)14-31-8-10-32(11-9-31)26(34)24-23(29)18-7-5-16(28)13-20(18)37-24/h5,7,13,15H,3-4,6,8-12,14H2,1-2H3,(H,30,33)/t15-/m0/s1. The van der Waals surface area contributed by atoms with Crippen LogP contribution in [0.5, 0.6) is 0 Å². The van der Waals surface area contributed by atoms with Gasteiger partial charge in [0.1, 0.15) is 9.88 Å². The summed E-state index contributed by atoms with van der Waals surface area (Å²) in [5, 5.41) is 5.46. The third-order valence-electron chi connectivity index (χ3n) is 7.06. The maximum absolute atomic E-state index is 13.2. The topological polar surface area (TPSA) is 79.0 Å². The highest BCUT2D eigenvalue weighted by molar-refractivity contribution is 7.21. The monoisotopic (exact) mass is 593 g/mol. The minimum Gasteiger partial charge on any atom is -0.462 e. The average molecular weight is 595 g/mol. The number of fused-ring (bicyclic) bond motifs is 2. The fraction of sp³-hybridized carbons (Fsp3) is 0.444. The Morgan fingerprint density at radius 2 is 1.89 bits per heavy atom. The van der Waals surface area contributed by atoms with E-state index in [2.05, 4.69) is 12.2 Å². The number of hydrogen-bond acceptors (Lipinski definition) is 7. The van der Waals surface area contributed by atoms with Gasteiger partial charge in [0.2, 0.25) is 5.91 Å². The molecule has 1 aliphatic carbocycles. The van der Waals surface area contributed by atoms with Crippen LogP contribution in [0.4, 0.5) is 5.00 Å². The zero-order valence-corrected chi connectivity index (χ0v) is 24.4. The number of thiophene rings is 2. The van der Waals surface area contributed by atoms with Gasteiger partial charge in [-0.2, -0.15) is 0 Å². The van der Waals surface area contributed by atoms with Crippen LogP contribution in [0, 0.1) is 5.92 Å². The number of amides is 2. The molecule has 0 radical (unpaired) electrons. The van der Waals surface area contributed by atoms with Gasteiger partial charge in [0.05, 0.1) is 23.7 Å². The Morgan fingerprint density at radius 1 is 1.13 bits per heavy atom. The molecule has 2 aromatic heterocycles. The number of nitrogens with one attached hydrogen (secondary N) is 1. The molecule has 11 heteroatoms. The van der Waals surface area contributed by atoms with E-state index in [4.69, 9.17) is 27.9 Å². The third-order valence-corrected chi connectivity index (χ3v) is 10.1. The van der Waals surface area contributed by atoms with Gasteiger partial charge in [0, 0.05) is 46.2 Å². The molecule has 38 heavy (non-hydrogen) atoms. The van der Waals surface area contributed by atoms with E-state index < -0.39 is 0 Å². The zero-order chi connectivity index (χ0) is 27.0. The van der Waals surface area contributed by atoms with Crippen LogP contribution in [0.3, 0.4) is 0 Å². The van der Waals surface area contributed by atoms with Crippen molar-refractivity contribution in [1.29, 1.82) is 0 Å². The minimum atomic E-state index is -0.371.